The van der Waals surface area contributed by atoms with Crippen LogP contribution in [0.25, 0.3) is 0 Å². The second-order valence-corrected chi connectivity index (χ2v) is 3.74. The highest BCUT2D eigenvalue weighted by molar-refractivity contribution is 5.14. The van der Waals surface area contributed by atoms with Crippen LogP contribution in [0.5, 0.6) is 0 Å². The molecular formula is C12H20N2O. The van der Waals surface area contributed by atoms with Crippen molar-refractivity contribution in [3.63, 3.8) is 0 Å². The minimum atomic E-state index is 0.250. The Hall–Kier alpha value is -0.930. The first-order chi connectivity index (χ1) is 7.29. The van der Waals surface area contributed by atoms with Gasteiger partial charge in [0.05, 0.1) is 0 Å². The summed E-state index contributed by atoms with van der Waals surface area (Å²) in [5.74, 6) is 0. The first-order valence-corrected chi connectivity index (χ1v) is 5.50. The van der Waals surface area contributed by atoms with Crippen LogP contribution < -0.4 is 0 Å². The Kier molecular flexibility index (Phi) is 5.29. The molecule has 0 unspecified atom stereocenters. The Morgan fingerprint density at radius 3 is 2.80 bits per heavy atom. The van der Waals surface area contributed by atoms with Gasteiger partial charge in [-0.05, 0) is 45.0 Å². The van der Waals surface area contributed by atoms with Crippen molar-refractivity contribution in [1.29, 1.82) is 0 Å². The van der Waals surface area contributed by atoms with Gasteiger partial charge < -0.3 is 5.11 Å². The third-order valence-corrected chi connectivity index (χ3v) is 2.59. The van der Waals surface area contributed by atoms with Gasteiger partial charge in [0.25, 0.3) is 0 Å². The van der Waals surface area contributed by atoms with Crippen LogP contribution in [0.1, 0.15) is 31.4 Å². The van der Waals surface area contributed by atoms with Crippen LogP contribution in [0.2, 0.25) is 0 Å². The van der Waals surface area contributed by atoms with Crippen molar-refractivity contribution >= 4 is 0 Å². The summed E-state index contributed by atoms with van der Waals surface area (Å²) in [5.41, 5.74) is 1.36. The Balaban J connectivity index is 0.000000337. The molecule has 0 saturated carbocycles. The molecule has 1 aliphatic rings. The van der Waals surface area contributed by atoms with Crippen LogP contribution in [0.4, 0.5) is 0 Å². The number of aliphatic hydroxyl groups is 1. The van der Waals surface area contributed by atoms with E-state index in [0.29, 0.717) is 6.04 Å². The zero-order valence-corrected chi connectivity index (χ0v) is 9.56. The van der Waals surface area contributed by atoms with Gasteiger partial charge >= 0.3 is 0 Å². The fourth-order valence-electron chi connectivity index (χ4n) is 1.90. The van der Waals surface area contributed by atoms with E-state index in [1.807, 2.05) is 18.5 Å². The number of pyridine rings is 1. The minimum absolute atomic E-state index is 0.250. The van der Waals surface area contributed by atoms with Crippen molar-refractivity contribution in [2.45, 2.75) is 25.8 Å². The van der Waals surface area contributed by atoms with Gasteiger partial charge in [0.15, 0.2) is 0 Å². The van der Waals surface area contributed by atoms with E-state index in [2.05, 4.69) is 23.0 Å². The monoisotopic (exact) mass is 208 g/mol. The maximum atomic E-state index is 7.57. The van der Waals surface area contributed by atoms with Crippen LogP contribution in [-0.2, 0) is 0 Å². The fourth-order valence-corrected chi connectivity index (χ4v) is 1.90. The lowest BCUT2D eigenvalue weighted by atomic mass is 10.1. The first kappa shape index (κ1) is 12.1. The molecule has 1 aromatic rings. The summed E-state index contributed by atoms with van der Waals surface area (Å²) in [5, 5.41) is 7.57. The van der Waals surface area contributed by atoms with Crippen molar-refractivity contribution in [2.24, 2.45) is 0 Å². The molecule has 1 atom stereocenters. The Bertz CT molecular complexity index is 264. The Morgan fingerprint density at radius 2 is 2.33 bits per heavy atom. The lowest BCUT2D eigenvalue weighted by molar-refractivity contribution is 0.317. The normalized spacial score (nSPS) is 20.9. The molecule has 1 N–H and O–H groups in total. The SMILES string of the molecule is CCO.CN1CCC[C@H]1c1cccnc1. The Labute approximate surface area is 91.8 Å². The number of aromatic nitrogens is 1. The Morgan fingerprint density at radius 1 is 1.60 bits per heavy atom. The van der Waals surface area contributed by atoms with E-state index in [1.165, 1.54) is 24.9 Å². The maximum Gasteiger partial charge on any atom is 0.0402 e. The van der Waals surface area contributed by atoms with Crippen LogP contribution in [-0.4, -0.2) is 35.2 Å². The molecule has 0 aromatic carbocycles. The van der Waals surface area contributed by atoms with Crippen molar-refractivity contribution < 1.29 is 5.11 Å². The van der Waals surface area contributed by atoms with Crippen LogP contribution in [0.3, 0.4) is 0 Å². The molecule has 3 heteroatoms. The van der Waals surface area contributed by atoms with Gasteiger partial charge in [-0.3, -0.25) is 9.88 Å². The van der Waals surface area contributed by atoms with Crippen LogP contribution >= 0.6 is 0 Å². The highest BCUT2D eigenvalue weighted by atomic mass is 16.2. The number of likely N-dealkylation sites (tertiary alicyclic amines) is 1. The summed E-state index contributed by atoms with van der Waals surface area (Å²) in [7, 11) is 2.19. The summed E-state index contributed by atoms with van der Waals surface area (Å²) in [6.45, 7) is 3.15. The molecule has 1 fully saturated rings. The van der Waals surface area contributed by atoms with Crippen molar-refractivity contribution in [2.75, 3.05) is 20.2 Å². The van der Waals surface area contributed by atoms with Crippen LogP contribution in [0.15, 0.2) is 24.5 Å². The lowest BCUT2D eigenvalue weighted by Crippen LogP contribution is -2.17. The quantitative estimate of drug-likeness (QED) is 0.765. The molecular weight excluding hydrogens is 188 g/mol. The van der Waals surface area contributed by atoms with E-state index < -0.39 is 0 Å². The molecule has 15 heavy (non-hydrogen) atoms. The third kappa shape index (κ3) is 3.61. The molecule has 2 heterocycles. The number of hydrogen-bond acceptors (Lipinski definition) is 3. The molecule has 1 aliphatic heterocycles. The first-order valence-electron chi connectivity index (χ1n) is 5.50. The second-order valence-electron chi connectivity index (χ2n) is 3.74. The molecule has 0 aliphatic carbocycles. The predicted octanol–water partition coefficient (Wildman–Crippen LogP) is 1.85. The largest absolute Gasteiger partial charge is 0.397 e. The molecule has 0 spiro atoms. The highest BCUT2D eigenvalue weighted by Crippen LogP contribution is 2.29. The van der Waals surface area contributed by atoms with E-state index >= 15 is 0 Å². The second kappa shape index (κ2) is 6.53. The molecule has 1 saturated heterocycles. The highest BCUT2D eigenvalue weighted by Gasteiger charge is 2.21. The third-order valence-electron chi connectivity index (χ3n) is 2.59. The average Bonchev–Trinajstić information content (AvgIpc) is 2.67. The van der Waals surface area contributed by atoms with E-state index in [-0.39, 0.29) is 6.61 Å². The zero-order chi connectivity index (χ0) is 11.1. The summed E-state index contributed by atoms with van der Waals surface area (Å²) in [6, 6.07) is 4.79. The maximum absolute atomic E-state index is 7.57. The van der Waals surface area contributed by atoms with Gasteiger partial charge in [0.2, 0.25) is 0 Å². The summed E-state index contributed by atoms with van der Waals surface area (Å²) >= 11 is 0. The van der Waals surface area contributed by atoms with E-state index in [4.69, 9.17) is 5.11 Å². The predicted molar refractivity (Wildman–Crippen MR) is 61.6 cm³/mol. The molecule has 0 amide bonds. The van der Waals surface area contributed by atoms with Crippen molar-refractivity contribution in [1.82, 2.24) is 9.88 Å². The number of aliphatic hydroxyl groups excluding tert-OH is 1. The van der Waals surface area contributed by atoms with E-state index in [9.17, 15) is 0 Å². The standard InChI is InChI=1S/C10H14N2.C2H6O/c1-12-7-3-5-10(12)9-4-2-6-11-8-9;1-2-3/h2,4,6,8,10H,3,5,7H2,1H3;3H,2H2,1H3/t10-;/m0./s1. The number of nitrogens with zero attached hydrogens (tertiary/aromatic N) is 2. The number of hydrogen-bond donors (Lipinski definition) is 1. The summed E-state index contributed by atoms with van der Waals surface area (Å²) in [6.07, 6.45) is 6.41. The van der Waals surface area contributed by atoms with Gasteiger partial charge in [-0.1, -0.05) is 6.07 Å². The van der Waals surface area contributed by atoms with Gasteiger partial charge in [-0.2, -0.15) is 0 Å². The molecule has 0 radical (unpaired) electrons. The number of rotatable bonds is 1. The summed E-state index contributed by atoms with van der Waals surface area (Å²) < 4.78 is 0. The minimum Gasteiger partial charge on any atom is -0.397 e. The summed E-state index contributed by atoms with van der Waals surface area (Å²) in [4.78, 5) is 6.54. The fraction of sp³-hybridized carbons (Fsp3) is 0.583. The van der Waals surface area contributed by atoms with Crippen molar-refractivity contribution in [3.8, 4) is 0 Å². The molecule has 1 aromatic heterocycles. The van der Waals surface area contributed by atoms with Gasteiger partial charge in [-0.15, -0.1) is 0 Å². The van der Waals surface area contributed by atoms with Crippen LogP contribution in [0, 0.1) is 0 Å². The van der Waals surface area contributed by atoms with Gasteiger partial charge in [0.1, 0.15) is 0 Å². The average molecular weight is 208 g/mol. The molecule has 2 rings (SSSR count). The lowest BCUT2D eigenvalue weighted by Gasteiger charge is -2.18. The van der Waals surface area contributed by atoms with E-state index in [0.717, 1.165) is 0 Å². The molecule has 0 bridgehead atoms. The van der Waals surface area contributed by atoms with Gasteiger partial charge in [-0.25, -0.2) is 0 Å². The molecule has 84 valence electrons. The zero-order valence-electron chi connectivity index (χ0n) is 9.56. The van der Waals surface area contributed by atoms with E-state index in [1.54, 1.807) is 6.92 Å². The molecule has 3 nitrogen and oxygen atoms in total. The topological polar surface area (TPSA) is 36.4 Å². The van der Waals surface area contributed by atoms with Gasteiger partial charge in [0, 0.05) is 25.0 Å². The smallest absolute Gasteiger partial charge is 0.0402 e. The van der Waals surface area contributed by atoms with Crippen molar-refractivity contribution in [3.05, 3.63) is 30.1 Å².